The van der Waals surface area contributed by atoms with Crippen LogP contribution in [0.25, 0.3) is 10.4 Å². The van der Waals surface area contributed by atoms with Crippen molar-refractivity contribution in [1.29, 1.82) is 0 Å². The van der Waals surface area contributed by atoms with E-state index in [1.807, 2.05) is 17.5 Å². The maximum absolute atomic E-state index is 12.2. The predicted octanol–water partition coefficient (Wildman–Crippen LogP) is 4.74. The zero-order chi connectivity index (χ0) is 21.9. The number of likely N-dealkylation sites (tertiary alicyclic amines) is 1. The normalized spacial score (nSPS) is 14.0. The van der Waals surface area contributed by atoms with Crippen LogP contribution in [0.1, 0.15) is 20.8 Å². The lowest BCUT2D eigenvalue weighted by molar-refractivity contribution is -0.383. The lowest BCUT2D eigenvalue weighted by Gasteiger charge is -2.39. The van der Waals surface area contributed by atoms with E-state index in [-0.39, 0.29) is 23.9 Å². The Morgan fingerprint density at radius 3 is 2.63 bits per heavy atom. The summed E-state index contributed by atoms with van der Waals surface area (Å²) >= 11 is 1.49. The molecule has 0 aliphatic carbocycles. The van der Waals surface area contributed by atoms with Crippen molar-refractivity contribution in [2.45, 2.75) is 26.4 Å². The number of carbonyl (C=O) groups is 2. The molecule has 0 unspecified atom stereocenters. The minimum atomic E-state index is -0.780. The van der Waals surface area contributed by atoms with Crippen LogP contribution < -0.4 is 5.32 Å². The Kier molecular flexibility index (Phi) is 6.25. The van der Waals surface area contributed by atoms with Crippen molar-refractivity contribution in [2.24, 2.45) is 5.92 Å². The first kappa shape index (κ1) is 21.6. The minimum Gasteiger partial charge on any atom is -0.449 e. The lowest BCUT2D eigenvalue weighted by Crippen LogP contribution is -2.53. The van der Waals surface area contributed by atoms with E-state index in [4.69, 9.17) is 9.47 Å². The Hall–Kier alpha value is -3.14. The number of amides is 2. The van der Waals surface area contributed by atoms with Crippen molar-refractivity contribution in [3.8, 4) is 10.4 Å². The van der Waals surface area contributed by atoms with Gasteiger partial charge in [0.15, 0.2) is 0 Å². The van der Waals surface area contributed by atoms with E-state index in [9.17, 15) is 19.7 Å². The Labute approximate surface area is 177 Å². The molecule has 3 rings (SSSR count). The average molecular weight is 433 g/mol. The molecule has 9 nitrogen and oxygen atoms in total. The lowest BCUT2D eigenvalue weighted by atomic mass is 10.0. The van der Waals surface area contributed by atoms with E-state index in [1.165, 1.54) is 22.3 Å². The van der Waals surface area contributed by atoms with Gasteiger partial charge in [-0.3, -0.25) is 15.4 Å². The van der Waals surface area contributed by atoms with E-state index in [2.05, 4.69) is 5.32 Å². The van der Waals surface area contributed by atoms with Gasteiger partial charge >= 0.3 is 12.2 Å². The molecule has 1 saturated heterocycles. The summed E-state index contributed by atoms with van der Waals surface area (Å²) in [6.45, 7) is 6.34. The first-order chi connectivity index (χ1) is 14.1. The van der Waals surface area contributed by atoms with Gasteiger partial charge in [0, 0.05) is 30.0 Å². The van der Waals surface area contributed by atoms with Crippen molar-refractivity contribution >= 4 is 34.9 Å². The highest BCUT2D eigenvalue weighted by Crippen LogP contribution is 2.32. The zero-order valence-electron chi connectivity index (χ0n) is 16.9. The molecule has 160 valence electrons. The topological polar surface area (TPSA) is 111 Å². The number of thiophene rings is 1. The van der Waals surface area contributed by atoms with Crippen LogP contribution in [0.2, 0.25) is 0 Å². The molecule has 2 amide bonds. The third kappa shape index (κ3) is 5.47. The molecule has 1 aliphatic heterocycles. The van der Waals surface area contributed by atoms with E-state index in [0.717, 1.165) is 10.4 Å². The molecule has 10 heteroatoms. The van der Waals surface area contributed by atoms with Crippen molar-refractivity contribution < 1.29 is 24.0 Å². The van der Waals surface area contributed by atoms with Gasteiger partial charge in [-0.2, -0.15) is 0 Å². The largest absolute Gasteiger partial charge is 0.449 e. The maximum atomic E-state index is 12.2. The number of anilines is 1. The van der Waals surface area contributed by atoms with Gasteiger partial charge in [0.05, 0.1) is 11.5 Å². The zero-order valence-corrected chi connectivity index (χ0v) is 17.7. The molecule has 0 bridgehead atoms. The van der Waals surface area contributed by atoms with E-state index in [1.54, 1.807) is 32.9 Å². The summed E-state index contributed by atoms with van der Waals surface area (Å²) < 4.78 is 10.5. The summed E-state index contributed by atoms with van der Waals surface area (Å²) in [6, 6.07) is 8.32. The summed E-state index contributed by atoms with van der Waals surface area (Å²) in [6.07, 6.45) is -1.18. The van der Waals surface area contributed by atoms with E-state index >= 15 is 0 Å². The van der Waals surface area contributed by atoms with Crippen LogP contribution in [0.3, 0.4) is 0 Å². The Morgan fingerprint density at radius 2 is 2.03 bits per heavy atom. The van der Waals surface area contributed by atoms with Crippen LogP contribution in [-0.4, -0.2) is 47.3 Å². The Bertz CT molecular complexity index is 933. The van der Waals surface area contributed by atoms with Crippen LogP contribution in [0, 0.1) is 16.0 Å². The van der Waals surface area contributed by atoms with Gasteiger partial charge in [-0.15, -0.1) is 11.3 Å². The Balaban J connectivity index is 1.53. The number of nitro groups is 1. The summed E-state index contributed by atoms with van der Waals surface area (Å²) in [5, 5.41) is 15.6. The van der Waals surface area contributed by atoms with Gasteiger partial charge in [0.1, 0.15) is 11.3 Å². The van der Waals surface area contributed by atoms with Crippen LogP contribution >= 0.6 is 11.3 Å². The molecule has 0 radical (unpaired) electrons. The number of nitrogens with one attached hydrogen (secondary N) is 1. The van der Waals surface area contributed by atoms with Gasteiger partial charge < -0.3 is 14.4 Å². The van der Waals surface area contributed by atoms with Gasteiger partial charge in [-0.25, -0.2) is 9.59 Å². The number of hydrogen-bond acceptors (Lipinski definition) is 7. The second-order valence-corrected chi connectivity index (χ2v) is 8.89. The molecule has 1 aromatic heterocycles. The minimum absolute atomic E-state index is 0.00397. The third-order valence-electron chi connectivity index (χ3n) is 4.29. The predicted molar refractivity (Wildman–Crippen MR) is 113 cm³/mol. The highest BCUT2D eigenvalue weighted by atomic mass is 32.1. The fourth-order valence-corrected chi connectivity index (χ4v) is 3.61. The molecule has 0 atom stereocenters. The summed E-state index contributed by atoms with van der Waals surface area (Å²) in [7, 11) is 0. The summed E-state index contributed by atoms with van der Waals surface area (Å²) in [4.78, 5) is 37.3. The third-order valence-corrected chi connectivity index (χ3v) is 5.21. The van der Waals surface area contributed by atoms with Crippen LogP contribution in [0.5, 0.6) is 0 Å². The van der Waals surface area contributed by atoms with Gasteiger partial charge in [-0.1, -0.05) is 6.07 Å². The molecule has 1 N–H and O–H groups in total. The molecule has 1 aromatic carbocycles. The number of ether oxygens (including phenoxy) is 2. The average Bonchev–Trinajstić information content (AvgIpc) is 3.13. The number of nitro benzene ring substituents is 1. The molecule has 1 aliphatic rings. The first-order valence-corrected chi connectivity index (χ1v) is 10.2. The Morgan fingerprint density at radius 1 is 1.30 bits per heavy atom. The van der Waals surface area contributed by atoms with Gasteiger partial charge in [0.2, 0.25) is 0 Å². The number of hydrogen-bond donors (Lipinski definition) is 1. The number of rotatable bonds is 5. The fourth-order valence-electron chi connectivity index (χ4n) is 2.88. The van der Waals surface area contributed by atoms with Crippen molar-refractivity contribution in [3.05, 3.63) is 45.8 Å². The molecule has 1 fully saturated rings. The molecule has 0 saturated carbocycles. The smallest absolute Gasteiger partial charge is 0.411 e. The van der Waals surface area contributed by atoms with Crippen LogP contribution in [0.15, 0.2) is 35.7 Å². The number of nitrogens with zero attached hydrogens (tertiary/aromatic N) is 2. The standard InChI is InChI=1S/C20H23N3O6S/c1-20(2,3)29-19(25)22-10-13(11-22)12-28-18(24)21-15-9-14(17-5-4-8-30-17)6-7-16(15)23(26)27/h4-9,13H,10-12H2,1-3H3,(H,21,24). The number of carbonyl (C=O) groups excluding carboxylic acids is 2. The van der Waals surface area contributed by atoms with Crippen molar-refractivity contribution in [3.63, 3.8) is 0 Å². The quantitative estimate of drug-likeness (QED) is 0.539. The van der Waals surface area contributed by atoms with Crippen molar-refractivity contribution in [1.82, 2.24) is 4.90 Å². The van der Waals surface area contributed by atoms with Gasteiger partial charge in [-0.05, 0) is 49.9 Å². The molecular formula is C20H23N3O6S. The second-order valence-electron chi connectivity index (χ2n) is 7.94. The highest BCUT2D eigenvalue weighted by molar-refractivity contribution is 7.13. The van der Waals surface area contributed by atoms with Crippen molar-refractivity contribution in [2.75, 3.05) is 25.0 Å². The van der Waals surface area contributed by atoms with Gasteiger partial charge in [0.25, 0.3) is 5.69 Å². The molecule has 2 heterocycles. The fraction of sp³-hybridized carbons (Fsp3) is 0.400. The maximum Gasteiger partial charge on any atom is 0.411 e. The SMILES string of the molecule is CC(C)(C)OC(=O)N1CC(COC(=O)Nc2cc(-c3cccs3)ccc2[N+](=O)[O-])C1. The highest BCUT2D eigenvalue weighted by Gasteiger charge is 2.34. The molecular weight excluding hydrogens is 410 g/mol. The molecule has 30 heavy (non-hydrogen) atoms. The monoisotopic (exact) mass is 433 g/mol. The number of benzene rings is 1. The summed E-state index contributed by atoms with van der Waals surface area (Å²) in [5.74, 6) is -0.00397. The second kappa shape index (κ2) is 8.70. The van der Waals surface area contributed by atoms with Crippen LogP contribution in [0.4, 0.5) is 21.0 Å². The molecule has 2 aromatic rings. The van der Waals surface area contributed by atoms with E-state index < -0.39 is 22.7 Å². The molecule has 0 spiro atoms. The first-order valence-electron chi connectivity index (χ1n) is 9.36. The summed E-state index contributed by atoms with van der Waals surface area (Å²) in [5.41, 5.74) is 0.0510. The van der Waals surface area contributed by atoms with E-state index in [0.29, 0.717) is 13.1 Å². The van der Waals surface area contributed by atoms with Crippen LogP contribution in [-0.2, 0) is 9.47 Å².